The zero-order chi connectivity index (χ0) is 22.5. The zero-order valence-electron chi connectivity index (χ0n) is 15.2. The number of fused-ring (bicyclic) bond motifs is 1. The topological polar surface area (TPSA) is 34.1 Å². The fourth-order valence-corrected chi connectivity index (χ4v) is 4.66. The number of rotatable bonds is 4. The maximum absolute atomic E-state index is 14.1. The van der Waals surface area contributed by atoms with Crippen LogP contribution in [-0.4, -0.2) is 20.8 Å². The second-order valence-electron chi connectivity index (χ2n) is 6.94. The van der Waals surface area contributed by atoms with Gasteiger partial charge in [-0.2, -0.15) is 26.3 Å². The number of hydrogen-bond acceptors (Lipinski definition) is 2. The summed E-state index contributed by atoms with van der Waals surface area (Å²) in [6.07, 6.45) is -10.1. The normalized spacial score (nSPS) is 15.2. The molecule has 0 saturated carbocycles. The standard InChI is InChI=1S/C20H15F7O2S/c1-12(30(28,29)17-10-7-14-3-2-4-15(14)11-17)13-5-8-16(9-6-13)18(21,19(22,23)24)20(25,26)27/h5-11H,1-4H2. The first-order chi connectivity index (χ1) is 13.7. The smallest absolute Gasteiger partial charge is 0.219 e. The minimum atomic E-state index is -6.25. The molecule has 0 atom stereocenters. The Morgan fingerprint density at radius 1 is 0.800 bits per heavy atom. The van der Waals surface area contributed by atoms with E-state index in [1.165, 1.54) is 12.1 Å². The summed E-state index contributed by atoms with van der Waals surface area (Å²) in [5.74, 6) is 0. The summed E-state index contributed by atoms with van der Waals surface area (Å²) in [4.78, 5) is -0.599. The Labute approximate surface area is 167 Å². The highest BCUT2D eigenvalue weighted by molar-refractivity contribution is 8.00. The first-order valence-corrected chi connectivity index (χ1v) is 10.2. The molecule has 0 amide bonds. The van der Waals surface area contributed by atoms with Crippen molar-refractivity contribution in [2.45, 2.75) is 42.2 Å². The molecule has 2 nitrogen and oxygen atoms in total. The molecule has 1 aliphatic carbocycles. The third-order valence-electron chi connectivity index (χ3n) is 5.09. The largest absolute Gasteiger partial charge is 0.435 e. The number of hydrogen-bond donors (Lipinski definition) is 0. The molecule has 0 bridgehead atoms. The fraction of sp³-hybridized carbons (Fsp3) is 0.300. The van der Waals surface area contributed by atoms with Crippen LogP contribution in [0.1, 0.15) is 28.7 Å². The molecule has 0 heterocycles. The monoisotopic (exact) mass is 452 g/mol. The van der Waals surface area contributed by atoms with Crippen LogP contribution in [0.3, 0.4) is 0 Å². The van der Waals surface area contributed by atoms with Crippen molar-refractivity contribution in [3.8, 4) is 0 Å². The van der Waals surface area contributed by atoms with Crippen molar-refractivity contribution in [1.29, 1.82) is 0 Å². The van der Waals surface area contributed by atoms with E-state index in [4.69, 9.17) is 0 Å². The molecule has 1 aliphatic rings. The number of aryl methyl sites for hydroxylation is 2. The number of sulfone groups is 1. The molecule has 30 heavy (non-hydrogen) atoms. The van der Waals surface area contributed by atoms with Crippen molar-refractivity contribution in [2.75, 3.05) is 0 Å². The summed E-state index contributed by atoms with van der Waals surface area (Å²) in [7, 11) is -4.15. The molecule has 0 unspecified atom stereocenters. The summed E-state index contributed by atoms with van der Waals surface area (Å²) < 4.78 is 117. The van der Waals surface area contributed by atoms with Gasteiger partial charge in [0, 0.05) is 5.56 Å². The summed E-state index contributed by atoms with van der Waals surface area (Å²) in [5, 5.41) is 0. The molecule has 3 rings (SSSR count). The van der Waals surface area contributed by atoms with Gasteiger partial charge in [-0.25, -0.2) is 12.8 Å². The SMILES string of the molecule is C=C(c1ccc(C(F)(C(F)(F)F)C(F)(F)F)cc1)S(=O)(=O)c1ccc2c(c1)CCC2. The van der Waals surface area contributed by atoms with E-state index < -0.39 is 38.3 Å². The predicted octanol–water partition coefficient (Wildman–Crippen LogP) is 5.91. The van der Waals surface area contributed by atoms with Gasteiger partial charge in [0.05, 0.1) is 9.80 Å². The van der Waals surface area contributed by atoms with Crippen LogP contribution in [0.4, 0.5) is 30.7 Å². The Kier molecular flexibility index (Phi) is 5.29. The Hall–Kier alpha value is -2.36. The van der Waals surface area contributed by atoms with E-state index in [0.717, 1.165) is 24.0 Å². The molecule has 2 aromatic carbocycles. The van der Waals surface area contributed by atoms with E-state index in [9.17, 15) is 39.2 Å². The van der Waals surface area contributed by atoms with Gasteiger partial charge in [0.2, 0.25) is 9.84 Å². The van der Waals surface area contributed by atoms with Crippen molar-refractivity contribution in [3.63, 3.8) is 0 Å². The van der Waals surface area contributed by atoms with Gasteiger partial charge < -0.3 is 0 Å². The Morgan fingerprint density at radius 2 is 1.33 bits per heavy atom. The highest BCUT2D eigenvalue weighted by Crippen LogP contribution is 2.53. The second kappa shape index (κ2) is 7.11. The van der Waals surface area contributed by atoms with Crippen LogP contribution in [0.5, 0.6) is 0 Å². The average molecular weight is 452 g/mol. The van der Waals surface area contributed by atoms with Gasteiger partial charge in [-0.3, -0.25) is 0 Å². The highest BCUT2D eigenvalue weighted by Gasteiger charge is 2.73. The molecule has 10 heteroatoms. The minimum Gasteiger partial charge on any atom is -0.219 e. The summed E-state index contributed by atoms with van der Waals surface area (Å²) >= 11 is 0. The lowest BCUT2D eigenvalue weighted by molar-refractivity contribution is -0.348. The van der Waals surface area contributed by atoms with Crippen LogP contribution in [-0.2, 0) is 28.3 Å². The van der Waals surface area contributed by atoms with Gasteiger partial charge in [-0.05, 0) is 48.1 Å². The van der Waals surface area contributed by atoms with E-state index >= 15 is 0 Å². The van der Waals surface area contributed by atoms with E-state index in [-0.39, 0.29) is 22.6 Å². The first-order valence-electron chi connectivity index (χ1n) is 8.68. The third-order valence-corrected chi connectivity index (χ3v) is 6.85. The molecular formula is C20H15F7O2S. The van der Waals surface area contributed by atoms with Gasteiger partial charge in [0.15, 0.2) is 0 Å². The van der Waals surface area contributed by atoms with Gasteiger partial charge in [0.1, 0.15) is 0 Å². The lowest BCUT2D eigenvalue weighted by atomic mass is 9.93. The zero-order valence-corrected chi connectivity index (χ0v) is 16.1. The average Bonchev–Trinajstić information content (AvgIpc) is 3.13. The van der Waals surface area contributed by atoms with Gasteiger partial charge in [-0.15, -0.1) is 0 Å². The summed E-state index contributed by atoms with van der Waals surface area (Å²) in [6, 6.07) is 6.40. The third kappa shape index (κ3) is 3.51. The molecule has 0 radical (unpaired) electrons. The maximum atomic E-state index is 14.1. The number of alkyl halides is 7. The Bertz CT molecular complexity index is 1070. The summed E-state index contributed by atoms with van der Waals surface area (Å²) in [5.41, 5.74) is -5.65. The molecule has 0 aromatic heterocycles. The van der Waals surface area contributed by atoms with Crippen LogP contribution < -0.4 is 0 Å². The van der Waals surface area contributed by atoms with E-state index in [1.807, 2.05) is 0 Å². The molecule has 0 aliphatic heterocycles. The molecule has 2 aromatic rings. The lowest BCUT2D eigenvalue weighted by Crippen LogP contribution is -2.50. The molecule has 0 fully saturated rings. The van der Waals surface area contributed by atoms with E-state index in [2.05, 4.69) is 6.58 Å². The quantitative estimate of drug-likeness (QED) is 0.541. The van der Waals surface area contributed by atoms with Crippen LogP contribution >= 0.6 is 0 Å². The fourth-order valence-electron chi connectivity index (χ4n) is 3.39. The summed E-state index contributed by atoms with van der Waals surface area (Å²) in [6.45, 7) is 3.43. The second-order valence-corrected chi connectivity index (χ2v) is 8.91. The Balaban J connectivity index is 1.97. The molecule has 0 spiro atoms. The number of benzene rings is 2. The van der Waals surface area contributed by atoms with E-state index in [1.54, 1.807) is 6.07 Å². The molecular weight excluding hydrogens is 437 g/mol. The first kappa shape index (κ1) is 22.3. The predicted molar refractivity (Wildman–Crippen MR) is 96.0 cm³/mol. The van der Waals surface area contributed by atoms with Gasteiger partial charge in [-0.1, -0.05) is 36.9 Å². The van der Waals surface area contributed by atoms with E-state index in [0.29, 0.717) is 18.6 Å². The van der Waals surface area contributed by atoms with Crippen LogP contribution in [0.2, 0.25) is 0 Å². The van der Waals surface area contributed by atoms with Crippen molar-refractivity contribution in [1.82, 2.24) is 0 Å². The van der Waals surface area contributed by atoms with Crippen molar-refractivity contribution in [2.24, 2.45) is 0 Å². The van der Waals surface area contributed by atoms with Gasteiger partial charge >= 0.3 is 18.0 Å². The van der Waals surface area contributed by atoms with Crippen LogP contribution in [0.25, 0.3) is 4.91 Å². The minimum absolute atomic E-state index is 0.0809. The van der Waals surface area contributed by atoms with Crippen molar-refractivity contribution in [3.05, 3.63) is 71.3 Å². The molecule has 0 saturated heterocycles. The maximum Gasteiger partial charge on any atom is 0.435 e. The number of halogens is 7. The molecule has 162 valence electrons. The molecule has 0 N–H and O–H groups in total. The van der Waals surface area contributed by atoms with Gasteiger partial charge in [0.25, 0.3) is 0 Å². The van der Waals surface area contributed by atoms with Crippen molar-refractivity contribution >= 4 is 14.7 Å². The van der Waals surface area contributed by atoms with Crippen LogP contribution in [0, 0.1) is 0 Å². The van der Waals surface area contributed by atoms with Crippen molar-refractivity contribution < 1.29 is 39.2 Å². The Morgan fingerprint density at radius 3 is 1.87 bits per heavy atom. The highest BCUT2D eigenvalue weighted by atomic mass is 32.2. The lowest BCUT2D eigenvalue weighted by Gasteiger charge is -2.30. The van der Waals surface area contributed by atoms with Crippen LogP contribution in [0.15, 0.2) is 53.9 Å².